The Balaban J connectivity index is 2.78. The lowest BCUT2D eigenvalue weighted by atomic mass is 9.95. The van der Waals surface area contributed by atoms with Gasteiger partial charge in [0.05, 0.1) is 6.61 Å². The van der Waals surface area contributed by atoms with E-state index in [1.165, 1.54) is 0 Å². The number of nitrogens with one attached hydrogen (secondary N) is 1. The van der Waals surface area contributed by atoms with E-state index < -0.39 is 43.0 Å². The number of rotatable bonds is 2. The average molecular weight is 222 g/mol. The fourth-order valence-corrected chi connectivity index (χ4v) is 1.40. The van der Waals surface area contributed by atoms with Gasteiger partial charge in [0.2, 0.25) is 0 Å². The van der Waals surface area contributed by atoms with E-state index >= 15 is 0 Å². The Morgan fingerprint density at radius 1 is 1.27 bits per heavy atom. The van der Waals surface area contributed by atoms with Crippen LogP contribution in [0.15, 0.2) is 0 Å². The fraction of sp³-hybridized carbons (Fsp3) is 0.857. The van der Waals surface area contributed by atoms with Gasteiger partial charge in [0.1, 0.15) is 24.4 Å². The van der Waals surface area contributed by atoms with Gasteiger partial charge in [-0.25, -0.2) is 5.84 Å². The number of aliphatic hydroxyl groups excluding tert-OH is 4. The highest BCUT2D eigenvalue weighted by Crippen LogP contribution is 2.20. The zero-order valence-electron chi connectivity index (χ0n) is 7.78. The number of hydrazine groups is 1. The molecule has 0 aliphatic carbocycles. The zero-order chi connectivity index (χ0) is 11.6. The van der Waals surface area contributed by atoms with Crippen LogP contribution in [0.2, 0.25) is 0 Å². The summed E-state index contributed by atoms with van der Waals surface area (Å²) in [4.78, 5) is 11.1. The third-order valence-electron chi connectivity index (χ3n) is 2.29. The molecular weight excluding hydrogens is 208 g/mol. The Bertz CT molecular complexity index is 236. The molecule has 4 unspecified atom stereocenters. The van der Waals surface area contributed by atoms with E-state index in [2.05, 4.69) is 0 Å². The van der Waals surface area contributed by atoms with E-state index in [9.17, 15) is 20.1 Å². The molecule has 1 amide bonds. The van der Waals surface area contributed by atoms with Crippen LogP contribution < -0.4 is 11.3 Å². The molecule has 1 heterocycles. The van der Waals surface area contributed by atoms with E-state index in [1.54, 1.807) is 5.43 Å². The zero-order valence-corrected chi connectivity index (χ0v) is 7.78. The van der Waals surface area contributed by atoms with Crippen molar-refractivity contribution < 1.29 is 30.0 Å². The number of aliphatic hydroxyl groups is 4. The molecule has 7 N–H and O–H groups in total. The van der Waals surface area contributed by atoms with Crippen LogP contribution >= 0.6 is 0 Å². The van der Waals surface area contributed by atoms with Crippen molar-refractivity contribution in [3.8, 4) is 0 Å². The van der Waals surface area contributed by atoms with Gasteiger partial charge >= 0.3 is 0 Å². The molecule has 0 saturated carbocycles. The maximum atomic E-state index is 11.1. The number of carbonyl (C=O) groups is 1. The molecule has 1 fully saturated rings. The molecular formula is C7H14N2O6. The molecule has 0 aromatic carbocycles. The first-order chi connectivity index (χ1) is 7.02. The maximum absolute atomic E-state index is 11.1. The predicted octanol–water partition coefficient (Wildman–Crippen LogP) is -4.18. The van der Waals surface area contributed by atoms with Gasteiger partial charge < -0.3 is 25.2 Å². The normalized spacial score (nSPS) is 41.3. The molecule has 15 heavy (non-hydrogen) atoms. The van der Waals surface area contributed by atoms with Crippen molar-refractivity contribution in [2.24, 2.45) is 5.84 Å². The number of carbonyl (C=O) groups excluding carboxylic acids is 1. The largest absolute Gasteiger partial charge is 0.394 e. The van der Waals surface area contributed by atoms with Crippen LogP contribution in [-0.4, -0.2) is 63.5 Å². The van der Waals surface area contributed by atoms with Crippen LogP contribution in [0.3, 0.4) is 0 Å². The second-order valence-corrected chi connectivity index (χ2v) is 3.26. The summed E-state index contributed by atoms with van der Waals surface area (Å²) >= 11 is 0. The Morgan fingerprint density at radius 2 is 1.87 bits per heavy atom. The number of nitrogens with two attached hydrogens (primary N) is 1. The fourth-order valence-electron chi connectivity index (χ4n) is 1.40. The molecule has 1 rings (SSSR count). The minimum absolute atomic E-state index is 0.584. The number of hydrogen-bond donors (Lipinski definition) is 6. The van der Waals surface area contributed by atoms with E-state index in [-0.39, 0.29) is 0 Å². The van der Waals surface area contributed by atoms with Gasteiger partial charge in [0.15, 0.2) is 6.10 Å². The molecule has 0 aromatic rings. The summed E-state index contributed by atoms with van der Waals surface area (Å²) in [6.07, 6.45) is -7.16. The van der Waals surface area contributed by atoms with Gasteiger partial charge in [0, 0.05) is 0 Å². The van der Waals surface area contributed by atoms with Crippen molar-refractivity contribution in [2.75, 3.05) is 6.61 Å². The Hall–Kier alpha value is -0.770. The monoisotopic (exact) mass is 222 g/mol. The van der Waals surface area contributed by atoms with Gasteiger partial charge in [0.25, 0.3) is 5.91 Å². The summed E-state index contributed by atoms with van der Waals surface area (Å²) < 4.78 is 4.88. The van der Waals surface area contributed by atoms with Crippen molar-refractivity contribution in [1.29, 1.82) is 0 Å². The first-order valence-corrected chi connectivity index (χ1v) is 4.34. The third kappa shape index (κ3) is 2.25. The minimum Gasteiger partial charge on any atom is -0.394 e. The summed E-state index contributed by atoms with van der Waals surface area (Å²) in [5.74, 6) is 3.99. The lowest BCUT2D eigenvalue weighted by Crippen LogP contribution is -2.62. The predicted molar refractivity (Wildman–Crippen MR) is 46.1 cm³/mol. The van der Waals surface area contributed by atoms with Crippen molar-refractivity contribution in [3.05, 3.63) is 0 Å². The molecule has 88 valence electrons. The van der Waals surface area contributed by atoms with Crippen molar-refractivity contribution >= 4 is 5.91 Å². The summed E-state index contributed by atoms with van der Waals surface area (Å²) in [6.45, 7) is -0.584. The number of amides is 1. The minimum atomic E-state index is -1.59. The van der Waals surface area contributed by atoms with Crippen LogP contribution in [0.4, 0.5) is 0 Å². The van der Waals surface area contributed by atoms with Crippen LogP contribution in [0.25, 0.3) is 0 Å². The second kappa shape index (κ2) is 4.84. The molecule has 1 saturated heterocycles. The van der Waals surface area contributed by atoms with Crippen LogP contribution in [-0.2, 0) is 9.53 Å². The smallest absolute Gasteiger partial charge is 0.265 e. The first kappa shape index (κ1) is 12.3. The molecule has 1 aliphatic rings. The molecule has 0 radical (unpaired) electrons. The van der Waals surface area contributed by atoms with Gasteiger partial charge in [-0.2, -0.15) is 0 Å². The summed E-state index contributed by atoms with van der Waals surface area (Å²) in [6, 6.07) is 0. The van der Waals surface area contributed by atoms with Gasteiger partial charge in [-0.1, -0.05) is 0 Å². The van der Waals surface area contributed by atoms with Crippen LogP contribution in [0.1, 0.15) is 0 Å². The lowest BCUT2D eigenvalue weighted by Gasteiger charge is -2.38. The average Bonchev–Trinajstić information content (AvgIpc) is 2.25. The highest BCUT2D eigenvalue weighted by molar-refractivity contribution is 5.81. The van der Waals surface area contributed by atoms with Gasteiger partial charge in [-0.05, 0) is 0 Å². The van der Waals surface area contributed by atoms with Crippen molar-refractivity contribution in [1.82, 2.24) is 5.43 Å². The summed E-state index contributed by atoms with van der Waals surface area (Å²) in [5, 5.41) is 36.9. The van der Waals surface area contributed by atoms with E-state index in [0.717, 1.165) is 0 Å². The quantitative estimate of drug-likeness (QED) is 0.158. The second-order valence-electron chi connectivity index (χ2n) is 3.26. The highest BCUT2D eigenvalue weighted by atomic mass is 16.5. The molecule has 5 atom stereocenters. The molecule has 8 nitrogen and oxygen atoms in total. The van der Waals surface area contributed by atoms with Gasteiger partial charge in [-0.15, -0.1) is 0 Å². The topological polar surface area (TPSA) is 145 Å². The molecule has 0 bridgehead atoms. The first-order valence-electron chi connectivity index (χ1n) is 4.34. The maximum Gasteiger partial charge on any atom is 0.265 e. The van der Waals surface area contributed by atoms with Crippen molar-refractivity contribution in [3.63, 3.8) is 0 Å². The molecule has 0 spiro atoms. The van der Waals surface area contributed by atoms with Crippen LogP contribution in [0, 0.1) is 0 Å². The van der Waals surface area contributed by atoms with Crippen molar-refractivity contribution in [2.45, 2.75) is 30.5 Å². The lowest BCUT2D eigenvalue weighted by molar-refractivity contribution is -0.226. The van der Waals surface area contributed by atoms with E-state index in [1.807, 2.05) is 0 Å². The Morgan fingerprint density at radius 3 is 2.33 bits per heavy atom. The molecule has 1 aliphatic heterocycles. The SMILES string of the molecule is NNC(=O)[C@H]1OC(CO)C(O)C(O)C1O. The number of hydrogen-bond acceptors (Lipinski definition) is 7. The van der Waals surface area contributed by atoms with Gasteiger partial charge in [-0.3, -0.25) is 10.2 Å². The Kier molecular flexibility index (Phi) is 3.97. The van der Waals surface area contributed by atoms with Crippen LogP contribution in [0.5, 0.6) is 0 Å². The summed E-state index contributed by atoms with van der Waals surface area (Å²) in [7, 11) is 0. The molecule has 8 heteroatoms. The molecule has 0 aromatic heterocycles. The number of ether oxygens (including phenoxy) is 1. The third-order valence-corrected chi connectivity index (χ3v) is 2.29. The standard InChI is InChI=1S/C7H14N2O6/c8-9-7(14)6-5(13)4(12)3(11)2(1-10)15-6/h2-6,10-13H,1,8H2,(H,9,14)/t2?,3?,4?,5?,6-/m0/s1. The van der Waals surface area contributed by atoms with E-state index in [0.29, 0.717) is 0 Å². The van der Waals surface area contributed by atoms with E-state index in [4.69, 9.17) is 15.7 Å². The highest BCUT2D eigenvalue weighted by Gasteiger charge is 2.46. The summed E-state index contributed by atoms with van der Waals surface area (Å²) in [5.41, 5.74) is 1.75. The Labute approximate surface area is 85.2 Å².